The second-order valence-electron chi connectivity index (χ2n) is 20.6. The van der Waals surface area contributed by atoms with Crippen molar-refractivity contribution in [3.8, 4) is 0 Å². The van der Waals surface area contributed by atoms with Crippen LogP contribution >= 0.6 is 0 Å². The molecule has 6 heteroatoms. The van der Waals surface area contributed by atoms with Crippen molar-refractivity contribution in [1.82, 2.24) is 0 Å². The molecule has 0 heterocycles. The van der Waals surface area contributed by atoms with Gasteiger partial charge >= 0.3 is 17.9 Å². The van der Waals surface area contributed by atoms with E-state index in [1.54, 1.807) is 0 Å². The number of carbonyl (C=O) groups is 3. The van der Waals surface area contributed by atoms with Crippen LogP contribution in [0.3, 0.4) is 0 Å². The van der Waals surface area contributed by atoms with Crippen molar-refractivity contribution in [2.45, 2.75) is 309 Å². The van der Waals surface area contributed by atoms with Crippen molar-refractivity contribution >= 4 is 17.9 Å². The largest absolute Gasteiger partial charge is 0.462 e. The summed E-state index contributed by atoms with van der Waals surface area (Å²) in [5.74, 6) is -0.884. The van der Waals surface area contributed by atoms with Crippen LogP contribution in [0.25, 0.3) is 0 Å². The highest BCUT2D eigenvalue weighted by Gasteiger charge is 2.19. The molecular formula is C67H116O6. The number of esters is 3. The molecule has 0 aliphatic heterocycles. The zero-order valence-corrected chi connectivity index (χ0v) is 48.1. The van der Waals surface area contributed by atoms with Gasteiger partial charge in [-0.15, -0.1) is 0 Å². The van der Waals surface area contributed by atoms with Crippen LogP contribution in [0.2, 0.25) is 0 Å². The normalized spacial score (nSPS) is 12.6. The van der Waals surface area contributed by atoms with Crippen molar-refractivity contribution in [2.75, 3.05) is 13.2 Å². The Kier molecular flexibility index (Phi) is 58.3. The molecule has 0 aromatic rings. The number of carbonyl (C=O) groups excluding carboxylic acids is 3. The predicted molar refractivity (Wildman–Crippen MR) is 316 cm³/mol. The minimum atomic E-state index is -0.781. The molecule has 0 N–H and O–H groups in total. The number of unbranched alkanes of at least 4 members (excludes halogenated alkanes) is 31. The van der Waals surface area contributed by atoms with Gasteiger partial charge in [-0.2, -0.15) is 0 Å². The lowest BCUT2D eigenvalue weighted by molar-refractivity contribution is -0.167. The van der Waals surface area contributed by atoms with E-state index in [2.05, 4.69) is 106 Å². The molecular weight excluding hydrogens is 901 g/mol. The average molecular weight is 1020 g/mol. The van der Waals surface area contributed by atoms with E-state index < -0.39 is 6.10 Å². The lowest BCUT2D eigenvalue weighted by atomic mass is 10.1. The molecule has 0 fully saturated rings. The molecule has 73 heavy (non-hydrogen) atoms. The molecule has 0 saturated heterocycles. The number of hydrogen-bond acceptors (Lipinski definition) is 6. The zero-order chi connectivity index (χ0) is 52.9. The molecule has 1 atom stereocenters. The zero-order valence-electron chi connectivity index (χ0n) is 48.1. The van der Waals surface area contributed by atoms with Gasteiger partial charge in [0.2, 0.25) is 0 Å². The van der Waals surface area contributed by atoms with Crippen LogP contribution in [0, 0.1) is 0 Å². The van der Waals surface area contributed by atoms with E-state index >= 15 is 0 Å². The van der Waals surface area contributed by atoms with Crippen molar-refractivity contribution in [3.05, 3.63) is 85.1 Å². The SMILES string of the molecule is CC/C=C\C/C=C\C/C=C\C/C=C\CCCCCCCCCCCCC(=O)OCC(COC(=O)CCCCCCCCCCC)OC(=O)CCCCCCCCCC/C=C\C/C=C\C/C=C\CCCCCCC. The monoisotopic (exact) mass is 1020 g/mol. The lowest BCUT2D eigenvalue weighted by Gasteiger charge is -2.18. The fraction of sp³-hybridized carbons (Fsp3) is 0.746. The average Bonchev–Trinajstić information content (AvgIpc) is 3.39. The molecule has 0 bridgehead atoms. The van der Waals surface area contributed by atoms with Gasteiger partial charge in [0.1, 0.15) is 13.2 Å². The first-order valence-corrected chi connectivity index (χ1v) is 31.1. The Balaban J connectivity index is 4.26. The summed E-state index contributed by atoms with van der Waals surface area (Å²) in [5.41, 5.74) is 0. The Bertz CT molecular complexity index is 1400. The van der Waals surface area contributed by atoms with Crippen LogP contribution in [0.5, 0.6) is 0 Å². The Morgan fingerprint density at radius 2 is 0.534 bits per heavy atom. The highest BCUT2D eigenvalue weighted by molar-refractivity contribution is 5.71. The van der Waals surface area contributed by atoms with Gasteiger partial charge in [0.05, 0.1) is 0 Å². The third kappa shape index (κ3) is 59.3. The lowest BCUT2D eigenvalue weighted by Crippen LogP contribution is -2.30. The van der Waals surface area contributed by atoms with E-state index in [1.165, 1.54) is 161 Å². The highest BCUT2D eigenvalue weighted by Crippen LogP contribution is 2.16. The predicted octanol–water partition coefficient (Wildman–Crippen LogP) is 21.1. The summed E-state index contributed by atoms with van der Waals surface area (Å²) in [7, 11) is 0. The first-order chi connectivity index (χ1) is 36.0. The van der Waals surface area contributed by atoms with Gasteiger partial charge in [-0.05, 0) is 96.3 Å². The molecule has 0 amide bonds. The summed E-state index contributed by atoms with van der Waals surface area (Å²) in [6.07, 6.45) is 80.2. The fourth-order valence-electron chi connectivity index (χ4n) is 8.74. The minimum absolute atomic E-state index is 0.0787. The van der Waals surface area contributed by atoms with E-state index in [1.807, 2.05) is 0 Å². The topological polar surface area (TPSA) is 78.9 Å². The number of hydrogen-bond donors (Lipinski definition) is 0. The Morgan fingerprint density at radius 1 is 0.288 bits per heavy atom. The van der Waals surface area contributed by atoms with E-state index in [9.17, 15) is 14.4 Å². The van der Waals surface area contributed by atoms with Gasteiger partial charge in [-0.25, -0.2) is 0 Å². The van der Waals surface area contributed by atoms with Crippen LogP contribution in [0.15, 0.2) is 85.1 Å². The quantitative estimate of drug-likeness (QED) is 0.0261. The molecule has 0 aliphatic rings. The molecule has 0 radical (unpaired) electrons. The van der Waals surface area contributed by atoms with E-state index in [0.29, 0.717) is 19.3 Å². The van der Waals surface area contributed by atoms with E-state index in [-0.39, 0.29) is 31.1 Å². The first kappa shape index (κ1) is 69.6. The van der Waals surface area contributed by atoms with Crippen molar-refractivity contribution in [2.24, 2.45) is 0 Å². The summed E-state index contributed by atoms with van der Waals surface area (Å²) in [6, 6.07) is 0. The summed E-state index contributed by atoms with van der Waals surface area (Å²) in [4.78, 5) is 38.2. The van der Waals surface area contributed by atoms with Crippen LogP contribution in [-0.2, 0) is 28.6 Å². The maximum atomic E-state index is 12.9. The second kappa shape index (κ2) is 61.1. The van der Waals surface area contributed by atoms with Crippen LogP contribution in [0.1, 0.15) is 303 Å². The number of rotatable bonds is 56. The highest BCUT2D eigenvalue weighted by atomic mass is 16.6. The number of ether oxygens (including phenoxy) is 3. The third-order valence-corrected chi connectivity index (χ3v) is 13.4. The maximum Gasteiger partial charge on any atom is 0.306 e. The Labute approximate surface area is 452 Å². The second-order valence-corrected chi connectivity index (χ2v) is 20.6. The Morgan fingerprint density at radius 3 is 0.836 bits per heavy atom. The van der Waals surface area contributed by atoms with Crippen LogP contribution < -0.4 is 0 Å². The van der Waals surface area contributed by atoms with Gasteiger partial charge < -0.3 is 14.2 Å². The minimum Gasteiger partial charge on any atom is -0.462 e. The molecule has 0 aliphatic carbocycles. The Hall–Kier alpha value is -3.41. The van der Waals surface area contributed by atoms with Crippen molar-refractivity contribution < 1.29 is 28.6 Å². The summed E-state index contributed by atoms with van der Waals surface area (Å²) < 4.78 is 16.9. The molecule has 6 nitrogen and oxygen atoms in total. The van der Waals surface area contributed by atoms with E-state index in [4.69, 9.17) is 14.2 Å². The van der Waals surface area contributed by atoms with Crippen molar-refractivity contribution in [1.29, 1.82) is 0 Å². The third-order valence-electron chi connectivity index (χ3n) is 13.4. The summed E-state index contributed by atoms with van der Waals surface area (Å²) in [6.45, 7) is 6.51. The fourth-order valence-corrected chi connectivity index (χ4v) is 8.74. The molecule has 0 aromatic heterocycles. The molecule has 0 aromatic carbocycles. The van der Waals surface area contributed by atoms with Gasteiger partial charge in [0, 0.05) is 19.3 Å². The van der Waals surface area contributed by atoms with Gasteiger partial charge in [0.15, 0.2) is 6.10 Å². The maximum absolute atomic E-state index is 12.9. The summed E-state index contributed by atoms with van der Waals surface area (Å²) in [5, 5.41) is 0. The number of allylic oxidation sites excluding steroid dienone is 14. The summed E-state index contributed by atoms with van der Waals surface area (Å²) >= 11 is 0. The standard InChI is InChI=1S/C67H116O6/c1-4-7-10-13-16-19-21-23-25-27-29-31-33-35-37-39-41-43-45-48-51-54-57-60-66(69)72-63-64(62-71-65(68)59-56-53-50-47-18-15-12-9-6-3)73-67(70)61-58-55-52-49-46-44-42-40-38-36-34-32-30-28-26-24-22-20-17-14-11-8-5-2/h7,10,16,19,22-25,28-31,34,36,64H,4-6,8-9,11-15,17-18,20-21,26-27,32-33,35,37-63H2,1-3H3/b10-7-,19-16-,24-22-,25-23-,30-28-,31-29-,36-34-. The molecule has 0 spiro atoms. The van der Waals surface area contributed by atoms with Crippen molar-refractivity contribution in [3.63, 3.8) is 0 Å². The van der Waals surface area contributed by atoms with Gasteiger partial charge in [0.25, 0.3) is 0 Å². The smallest absolute Gasteiger partial charge is 0.306 e. The van der Waals surface area contributed by atoms with Crippen LogP contribution in [0.4, 0.5) is 0 Å². The van der Waals surface area contributed by atoms with Crippen LogP contribution in [-0.4, -0.2) is 37.2 Å². The van der Waals surface area contributed by atoms with Gasteiger partial charge in [-0.1, -0.05) is 273 Å². The first-order valence-electron chi connectivity index (χ1n) is 31.1. The molecule has 1 unspecified atom stereocenters. The molecule has 0 rings (SSSR count). The van der Waals surface area contributed by atoms with Gasteiger partial charge in [-0.3, -0.25) is 14.4 Å². The molecule has 420 valence electrons. The van der Waals surface area contributed by atoms with E-state index in [0.717, 1.165) is 103 Å². The molecule has 0 saturated carbocycles.